The van der Waals surface area contributed by atoms with E-state index >= 15 is 0 Å². The van der Waals surface area contributed by atoms with Crippen molar-refractivity contribution in [1.29, 1.82) is 0 Å². The van der Waals surface area contributed by atoms with Gasteiger partial charge in [-0.3, -0.25) is 0 Å². The van der Waals surface area contributed by atoms with E-state index < -0.39 is 0 Å². The van der Waals surface area contributed by atoms with Crippen molar-refractivity contribution in [3.63, 3.8) is 0 Å². The summed E-state index contributed by atoms with van der Waals surface area (Å²) in [5, 5.41) is 10.3. The maximum absolute atomic E-state index is 10.3. The van der Waals surface area contributed by atoms with Gasteiger partial charge in [-0.25, -0.2) is 0 Å². The molecule has 0 saturated carbocycles. The van der Waals surface area contributed by atoms with Crippen LogP contribution in [-0.2, 0) is 4.74 Å². The normalized spacial score (nSPS) is 26.4. The summed E-state index contributed by atoms with van der Waals surface area (Å²) < 4.78 is 5.51. The summed E-state index contributed by atoms with van der Waals surface area (Å²) in [6.45, 7) is 7.10. The van der Waals surface area contributed by atoms with Gasteiger partial charge in [0.1, 0.15) is 0 Å². The van der Waals surface area contributed by atoms with Crippen molar-refractivity contribution in [2.24, 2.45) is 5.92 Å². The molecule has 1 N–H and O–H groups in total. The second-order valence-electron chi connectivity index (χ2n) is 5.41. The number of hydrogen-bond acceptors (Lipinski definition) is 2. The molecule has 94 valence electrons. The van der Waals surface area contributed by atoms with Crippen LogP contribution in [-0.4, -0.2) is 17.8 Å². The van der Waals surface area contributed by atoms with Crippen molar-refractivity contribution >= 4 is 0 Å². The second-order valence-corrected chi connectivity index (χ2v) is 5.41. The molecule has 1 heterocycles. The smallest absolute Gasteiger partial charge is 0.0841 e. The first-order valence-electron chi connectivity index (χ1n) is 6.47. The van der Waals surface area contributed by atoms with Gasteiger partial charge in [0.05, 0.1) is 18.8 Å². The third-order valence-electron chi connectivity index (χ3n) is 3.62. The number of hydrogen-bond donors (Lipinski definition) is 1. The molecule has 0 aliphatic carbocycles. The van der Waals surface area contributed by atoms with E-state index in [0.717, 1.165) is 12.0 Å². The number of benzene rings is 1. The average Bonchev–Trinajstić information content (AvgIpc) is 2.75. The summed E-state index contributed by atoms with van der Waals surface area (Å²) in [5.41, 5.74) is 2.33. The Labute approximate surface area is 104 Å². The van der Waals surface area contributed by atoms with E-state index in [9.17, 15) is 5.11 Å². The molecule has 17 heavy (non-hydrogen) atoms. The maximum Gasteiger partial charge on any atom is 0.0841 e. The fourth-order valence-electron chi connectivity index (χ4n) is 2.42. The van der Waals surface area contributed by atoms with Crippen LogP contribution in [0.25, 0.3) is 0 Å². The van der Waals surface area contributed by atoms with Gasteiger partial charge in [-0.15, -0.1) is 0 Å². The zero-order valence-corrected chi connectivity index (χ0v) is 10.9. The molecule has 3 atom stereocenters. The molecule has 1 aliphatic heterocycles. The van der Waals surface area contributed by atoms with Gasteiger partial charge in [0.15, 0.2) is 0 Å². The maximum atomic E-state index is 10.3. The van der Waals surface area contributed by atoms with Gasteiger partial charge >= 0.3 is 0 Å². The Bertz CT molecular complexity index is 356. The first-order valence-corrected chi connectivity index (χ1v) is 6.47. The van der Waals surface area contributed by atoms with Gasteiger partial charge in [0.2, 0.25) is 0 Å². The van der Waals surface area contributed by atoms with Crippen LogP contribution < -0.4 is 0 Å². The van der Waals surface area contributed by atoms with Gasteiger partial charge in [-0.05, 0) is 30.4 Å². The molecule has 0 bridgehead atoms. The van der Waals surface area contributed by atoms with E-state index in [0.29, 0.717) is 12.5 Å². The lowest BCUT2D eigenvalue weighted by Gasteiger charge is -2.17. The number of aliphatic hydroxyl groups excluding tert-OH is 1. The second kappa shape index (κ2) is 5.19. The average molecular weight is 234 g/mol. The molecule has 0 radical (unpaired) electrons. The molecule has 1 aromatic carbocycles. The number of aliphatic hydroxyl groups is 1. The lowest BCUT2D eigenvalue weighted by atomic mass is 9.92. The third-order valence-corrected chi connectivity index (χ3v) is 3.62. The molecule has 1 aromatic rings. The minimum absolute atomic E-state index is 0.245. The molecule has 1 fully saturated rings. The monoisotopic (exact) mass is 234 g/mol. The van der Waals surface area contributed by atoms with Crippen molar-refractivity contribution in [2.45, 2.75) is 45.3 Å². The van der Waals surface area contributed by atoms with Crippen LogP contribution in [0.15, 0.2) is 24.3 Å². The highest BCUT2D eigenvalue weighted by atomic mass is 16.5. The van der Waals surface area contributed by atoms with Crippen LogP contribution in [0, 0.1) is 5.92 Å². The lowest BCUT2D eigenvalue weighted by Crippen LogP contribution is -2.12. The Morgan fingerprint density at radius 3 is 2.24 bits per heavy atom. The topological polar surface area (TPSA) is 29.5 Å². The van der Waals surface area contributed by atoms with E-state index in [1.165, 1.54) is 5.56 Å². The minimum Gasteiger partial charge on any atom is -0.388 e. The van der Waals surface area contributed by atoms with E-state index in [1.54, 1.807) is 0 Å². The molecule has 0 aromatic heterocycles. The Hall–Kier alpha value is -0.860. The van der Waals surface area contributed by atoms with Gasteiger partial charge < -0.3 is 9.84 Å². The van der Waals surface area contributed by atoms with Crippen molar-refractivity contribution in [3.05, 3.63) is 35.4 Å². The van der Waals surface area contributed by atoms with Gasteiger partial charge in [-0.2, -0.15) is 0 Å². The molecular formula is C15H22O2. The molecular weight excluding hydrogens is 212 g/mol. The SMILES string of the molecule is CC1CC(C(O)c2ccc(C(C)C)cc2)CO1. The number of ether oxygens (including phenoxy) is 1. The minimum atomic E-state index is -0.388. The fourth-order valence-corrected chi connectivity index (χ4v) is 2.42. The van der Waals surface area contributed by atoms with Crippen LogP contribution >= 0.6 is 0 Å². The Morgan fingerprint density at radius 2 is 1.76 bits per heavy atom. The Kier molecular flexibility index (Phi) is 3.85. The van der Waals surface area contributed by atoms with E-state index in [2.05, 4.69) is 32.9 Å². The van der Waals surface area contributed by atoms with Crippen molar-refractivity contribution in [3.8, 4) is 0 Å². The van der Waals surface area contributed by atoms with Crippen LogP contribution in [0.4, 0.5) is 0 Å². The highest BCUT2D eigenvalue weighted by Gasteiger charge is 2.29. The molecule has 1 aliphatic rings. The van der Waals surface area contributed by atoms with E-state index in [4.69, 9.17) is 4.74 Å². The third kappa shape index (κ3) is 2.88. The Balaban J connectivity index is 2.06. The predicted molar refractivity (Wildman–Crippen MR) is 69.0 cm³/mol. The predicted octanol–water partition coefficient (Wildman–Crippen LogP) is 3.27. The lowest BCUT2D eigenvalue weighted by molar-refractivity contribution is 0.0804. The zero-order chi connectivity index (χ0) is 12.4. The van der Waals surface area contributed by atoms with Gasteiger partial charge in [0.25, 0.3) is 0 Å². The largest absolute Gasteiger partial charge is 0.388 e. The van der Waals surface area contributed by atoms with E-state index in [1.807, 2.05) is 12.1 Å². The molecule has 3 unspecified atom stereocenters. The zero-order valence-electron chi connectivity index (χ0n) is 10.9. The first kappa shape index (κ1) is 12.6. The summed E-state index contributed by atoms with van der Waals surface area (Å²) in [7, 11) is 0. The van der Waals surface area contributed by atoms with Crippen LogP contribution in [0.5, 0.6) is 0 Å². The van der Waals surface area contributed by atoms with Crippen LogP contribution in [0.2, 0.25) is 0 Å². The van der Waals surface area contributed by atoms with Crippen molar-refractivity contribution in [1.82, 2.24) is 0 Å². The summed E-state index contributed by atoms with van der Waals surface area (Å²) in [6, 6.07) is 8.32. The summed E-state index contributed by atoms with van der Waals surface area (Å²) in [6.07, 6.45) is 0.846. The first-order chi connectivity index (χ1) is 8.08. The quantitative estimate of drug-likeness (QED) is 0.869. The molecule has 1 saturated heterocycles. The van der Waals surface area contributed by atoms with Gasteiger partial charge in [-0.1, -0.05) is 38.1 Å². The molecule has 2 rings (SSSR count). The standard InChI is InChI=1S/C15H22O2/c1-10(2)12-4-6-13(7-5-12)15(16)14-8-11(3)17-9-14/h4-7,10-11,14-16H,8-9H2,1-3H3. The molecule has 0 spiro atoms. The summed E-state index contributed by atoms with van der Waals surface area (Å²) in [5.74, 6) is 0.783. The van der Waals surface area contributed by atoms with Crippen molar-refractivity contribution in [2.75, 3.05) is 6.61 Å². The summed E-state index contributed by atoms with van der Waals surface area (Å²) in [4.78, 5) is 0. The highest BCUT2D eigenvalue weighted by Crippen LogP contribution is 2.32. The van der Waals surface area contributed by atoms with Crippen molar-refractivity contribution < 1.29 is 9.84 Å². The van der Waals surface area contributed by atoms with Gasteiger partial charge in [0, 0.05) is 5.92 Å². The molecule has 2 heteroatoms. The highest BCUT2D eigenvalue weighted by molar-refractivity contribution is 5.26. The van der Waals surface area contributed by atoms with E-state index in [-0.39, 0.29) is 18.1 Å². The molecule has 0 amide bonds. The number of rotatable bonds is 3. The summed E-state index contributed by atoms with van der Waals surface area (Å²) >= 11 is 0. The van der Waals surface area contributed by atoms with Crippen LogP contribution in [0.1, 0.15) is 50.3 Å². The van der Waals surface area contributed by atoms with Crippen LogP contribution in [0.3, 0.4) is 0 Å². The fraction of sp³-hybridized carbons (Fsp3) is 0.600. The Morgan fingerprint density at radius 1 is 1.18 bits per heavy atom. The molecule has 2 nitrogen and oxygen atoms in total.